The van der Waals surface area contributed by atoms with Crippen LogP contribution in [0.15, 0.2) is 42.9 Å². The van der Waals surface area contributed by atoms with Crippen molar-refractivity contribution in [2.24, 2.45) is 5.92 Å². The predicted molar refractivity (Wildman–Crippen MR) is 223 cm³/mol. The molecule has 3 fully saturated rings. The fourth-order valence-corrected chi connectivity index (χ4v) is 8.34. The molecular weight excluding hydrogens is 831 g/mol. The Kier molecular flexibility index (Phi) is 15.4. The Bertz CT molecular complexity index is 2110. The van der Waals surface area contributed by atoms with Gasteiger partial charge in [-0.15, -0.1) is 0 Å². The molecule has 62 heavy (non-hydrogen) atoms. The molecule has 0 radical (unpaired) electrons. The first-order valence-electron chi connectivity index (χ1n) is 20.0. The summed E-state index contributed by atoms with van der Waals surface area (Å²) < 4.78 is 29.8. The zero-order valence-corrected chi connectivity index (χ0v) is 35.7. The average molecular weight is 884 g/mol. The van der Waals surface area contributed by atoms with Gasteiger partial charge < -0.3 is 69.9 Å². The van der Waals surface area contributed by atoms with E-state index in [1.54, 1.807) is 39.9 Å². The highest BCUT2D eigenvalue weighted by Gasteiger charge is 2.53. The Morgan fingerprint density at radius 1 is 1.03 bits per heavy atom. The third kappa shape index (κ3) is 9.97. The van der Waals surface area contributed by atoms with E-state index < -0.39 is 79.8 Å². The van der Waals surface area contributed by atoms with Crippen LogP contribution in [0.4, 0.5) is 11.5 Å². The third-order valence-electron chi connectivity index (χ3n) is 11.5. The molecule has 6 unspecified atom stereocenters. The van der Waals surface area contributed by atoms with Gasteiger partial charge in [0, 0.05) is 59.7 Å². The van der Waals surface area contributed by atoms with Crippen molar-refractivity contribution >= 4 is 57.6 Å². The number of carbonyl (C=O) groups is 3. The fraction of sp³-hybridized carbons (Fsp3) is 0.575. The molecule has 5 heterocycles. The van der Waals surface area contributed by atoms with Crippen molar-refractivity contribution < 1.29 is 58.5 Å². The Labute approximate surface area is 362 Å². The van der Waals surface area contributed by atoms with E-state index in [0.717, 1.165) is 11.8 Å². The monoisotopic (exact) mass is 883 g/mol. The normalized spacial score (nSPS) is 30.0. The average Bonchev–Trinajstić information content (AvgIpc) is 3.71. The summed E-state index contributed by atoms with van der Waals surface area (Å²) >= 11 is 5.77. The number of aliphatic hydroxyl groups excluding tert-OH is 4. The molecule has 0 aliphatic carbocycles. The lowest BCUT2D eigenvalue weighted by molar-refractivity contribution is -0.338. The van der Waals surface area contributed by atoms with Gasteiger partial charge in [0.05, 0.1) is 24.1 Å². The van der Waals surface area contributed by atoms with Crippen molar-refractivity contribution in [3.05, 3.63) is 48.4 Å². The first-order chi connectivity index (χ1) is 29.7. The van der Waals surface area contributed by atoms with Gasteiger partial charge in [0.25, 0.3) is 5.91 Å². The summed E-state index contributed by atoms with van der Waals surface area (Å²) in [6.07, 6.45) is -9.37. The Morgan fingerprint density at radius 3 is 2.44 bits per heavy atom. The molecule has 0 bridgehead atoms. The first kappa shape index (κ1) is 46.6. The van der Waals surface area contributed by atoms with Gasteiger partial charge in [0.2, 0.25) is 11.8 Å². The zero-order chi connectivity index (χ0) is 44.8. The minimum absolute atomic E-state index is 0.0281. The Hall–Kier alpha value is -4.93. The van der Waals surface area contributed by atoms with E-state index in [1.165, 1.54) is 27.5 Å². The van der Waals surface area contributed by atoms with E-state index >= 15 is 0 Å². The van der Waals surface area contributed by atoms with Crippen LogP contribution in [0.2, 0.25) is 0 Å². The molecule has 3 aliphatic rings. The molecule has 3 amide bonds. The molecule has 3 aliphatic heterocycles. The molecule has 22 heteroatoms. The lowest BCUT2D eigenvalue weighted by Gasteiger charge is -2.47. The lowest BCUT2D eigenvalue weighted by atomic mass is 9.92. The summed E-state index contributed by atoms with van der Waals surface area (Å²) in [5, 5.41) is 61.5. The molecule has 2 aromatic heterocycles. The maximum absolute atomic E-state index is 13.6. The van der Waals surface area contributed by atoms with Crippen LogP contribution in [0.1, 0.15) is 32.3 Å². The topological polar surface area (TPSA) is 275 Å². The summed E-state index contributed by atoms with van der Waals surface area (Å²) in [5.74, 6) is -0.456. The Morgan fingerprint density at radius 2 is 1.77 bits per heavy atom. The number of hydrogen-bond acceptors (Lipinski definition) is 17. The van der Waals surface area contributed by atoms with Crippen LogP contribution in [0.5, 0.6) is 0 Å². The molecule has 6 rings (SSSR count). The van der Waals surface area contributed by atoms with Crippen LogP contribution in [0.3, 0.4) is 0 Å². The minimum atomic E-state index is -1.76. The summed E-state index contributed by atoms with van der Waals surface area (Å²) in [6.45, 7) is 3.84. The van der Waals surface area contributed by atoms with Crippen molar-refractivity contribution in [2.45, 2.75) is 101 Å². The van der Waals surface area contributed by atoms with Crippen LogP contribution < -0.4 is 20.9 Å². The number of rotatable bonds is 13. The molecule has 3 aromatic rings. The quantitative estimate of drug-likeness (QED) is 0.101. The number of methoxy groups -OCH3 is 2. The van der Waals surface area contributed by atoms with Gasteiger partial charge >= 0.3 is 0 Å². The molecule has 3 saturated heterocycles. The van der Waals surface area contributed by atoms with Crippen LogP contribution in [-0.2, 0) is 44.6 Å². The third-order valence-corrected chi connectivity index (χ3v) is 11.8. The molecule has 336 valence electrons. The van der Waals surface area contributed by atoms with Crippen molar-refractivity contribution in [3.8, 4) is 6.07 Å². The van der Waals surface area contributed by atoms with E-state index in [9.17, 15) is 34.8 Å². The van der Waals surface area contributed by atoms with Gasteiger partial charge in [-0.25, -0.2) is 9.97 Å². The highest BCUT2D eigenvalue weighted by atomic mass is 32.1. The van der Waals surface area contributed by atoms with Crippen molar-refractivity contribution in [1.29, 1.82) is 5.26 Å². The second-order valence-electron chi connectivity index (χ2n) is 15.5. The van der Waals surface area contributed by atoms with E-state index in [1.807, 2.05) is 19.2 Å². The summed E-state index contributed by atoms with van der Waals surface area (Å²) in [7, 11) is 4.46. The minimum Gasteiger partial charge on any atom is -0.394 e. The van der Waals surface area contributed by atoms with Crippen LogP contribution in [0.25, 0.3) is 11.0 Å². The lowest BCUT2D eigenvalue weighted by Crippen LogP contribution is -2.68. The molecule has 0 spiro atoms. The van der Waals surface area contributed by atoms with Gasteiger partial charge in [0.15, 0.2) is 29.4 Å². The number of amides is 3. The van der Waals surface area contributed by atoms with Crippen molar-refractivity contribution in [1.82, 2.24) is 30.1 Å². The summed E-state index contributed by atoms with van der Waals surface area (Å²) in [4.78, 5) is 51.0. The number of anilines is 2. The number of nitriles is 1. The molecule has 7 N–H and O–H groups in total. The molecule has 1 aromatic carbocycles. The number of hydrogen-bond donors (Lipinski definition) is 7. The van der Waals surface area contributed by atoms with Gasteiger partial charge in [0.1, 0.15) is 61.2 Å². The highest BCUT2D eigenvalue weighted by molar-refractivity contribution is 7.80. The number of ether oxygens (including phenoxy) is 5. The largest absolute Gasteiger partial charge is 0.394 e. The number of fused-ring (bicyclic) bond motifs is 1. The van der Waals surface area contributed by atoms with Gasteiger partial charge in [-0.1, -0.05) is 19.1 Å². The number of likely N-dealkylation sites (tertiary alicyclic amines) is 1. The highest BCUT2D eigenvalue weighted by Crippen LogP contribution is 2.32. The van der Waals surface area contributed by atoms with E-state index in [-0.39, 0.29) is 30.8 Å². The van der Waals surface area contributed by atoms with Gasteiger partial charge in [-0.2, -0.15) is 5.26 Å². The smallest absolute Gasteiger partial charge is 0.252 e. The van der Waals surface area contributed by atoms with Gasteiger partial charge in [-0.3, -0.25) is 19.0 Å². The predicted octanol–water partition coefficient (Wildman–Crippen LogP) is -1.04. The number of benzene rings is 1. The SMILES string of the molecule is CO[C@@H]1OC(CO)[C@@H](O)C(O[C@@H]2OC(C(=O)NCc3ccc(NC(=S)n4ccc5c(N(C)[C@H]6CN(C(=O)CC#N)CC[C@H]6C)ncnc54)cc3)[C@@H](OC)C(O)C2O)C1NC(C)=O. The first-order valence-corrected chi connectivity index (χ1v) is 20.4. The number of carbonyl (C=O) groups excluding carboxylic acids is 3. The Balaban J connectivity index is 1.09. The fourth-order valence-electron chi connectivity index (χ4n) is 8.08. The van der Waals surface area contributed by atoms with Crippen molar-refractivity contribution in [3.63, 3.8) is 0 Å². The van der Waals surface area contributed by atoms with Gasteiger partial charge in [-0.05, 0) is 48.3 Å². The second-order valence-corrected chi connectivity index (χ2v) is 15.9. The number of likely N-dealkylation sites (N-methyl/N-ethyl adjacent to an activating group) is 1. The van der Waals surface area contributed by atoms with E-state index in [4.69, 9.17) is 41.2 Å². The molecule has 12 atom stereocenters. The van der Waals surface area contributed by atoms with Crippen LogP contribution in [0, 0.1) is 17.2 Å². The number of aliphatic hydroxyl groups is 4. The van der Waals surface area contributed by atoms with Crippen LogP contribution >= 0.6 is 12.2 Å². The van der Waals surface area contributed by atoms with Crippen molar-refractivity contribution in [2.75, 3.05) is 51.2 Å². The number of thiocarbonyl (C=S) groups is 1. The molecule has 0 saturated carbocycles. The summed E-state index contributed by atoms with van der Waals surface area (Å²) in [5.41, 5.74) is 1.92. The molecular formula is C40H53N9O12S. The second kappa shape index (κ2) is 20.5. The standard InChI is InChI=1S/C40H53N9O12S/c1-20-11-14-48(27(52)10-13-41)17-25(20)47(3)35-24-12-15-49(36(24)44-19-43-35)40(62)46-23-8-6-22(7-9-23)16-42-37(56)34-33(57-4)30(54)31(55)39(61-34)60-32-28(45-21(2)51)38(58-5)59-26(18-50)29(32)53/h6-9,12,15,19-20,25-26,28-34,38-39,50,53-55H,10-11,14,16-18H2,1-5H3,(H,42,56)(H,45,51)(H,46,62)/t20-,25+,26?,28?,29-,30?,31?,32?,33+,34?,38-,39-/m1/s1. The maximum atomic E-state index is 13.6. The number of aromatic nitrogens is 3. The number of nitrogens with one attached hydrogen (secondary N) is 3. The number of piperidine rings is 1. The van der Waals surface area contributed by atoms with Crippen LogP contribution in [-0.4, -0.2) is 171 Å². The van der Waals surface area contributed by atoms with E-state index in [2.05, 4.69) is 37.7 Å². The molecule has 21 nitrogen and oxygen atoms in total. The summed E-state index contributed by atoms with van der Waals surface area (Å²) in [6, 6.07) is 9.73. The number of nitrogens with zero attached hydrogens (tertiary/aromatic N) is 6. The maximum Gasteiger partial charge on any atom is 0.252 e. The zero-order valence-electron chi connectivity index (χ0n) is 34.9. The van der Waals surface area contributed by atoms with E-state index in [0.29, 0.717) is 40.9 Å².